The van der Waals surface area contributed by atoms with Crippen LogP contribution in [0.5, 0.6) is 0 Å². The van der Waals surface area contributed by atoms with Crippen molar-refractivity contribution in [2.75, 3.05) is 12.9 Å². The number of ether oxygens (including phenoxy) is 1. The monoisotopic (exact) mass is 298 g/mol. The average Bonchev–Trinajstić information content (AvgIpc) is 2.44. The highest BCUT2D eigenvalue weighted by Crippen LogP contribution is 2.27. The molecule has 0 fully saturated rings. The van der Waals surface area contributed by atoms with E-state index < -0.39 is 12.1 Å². The van der Waals surface area contributed by atoms with Crippen molar-refractivity contribution in [3.63, 3.8) is 0 Å². The van der Waals surface area contributed by atoms with Crippen LogP contribution in [-0.4, -0.2) is 35.0 Å². The number of hydrogen-bond donors (Lipinski definition) is 2. The van der Waals surface area contributed by atoms with Gasteiger partial charge in [0.2, 0.25) is 0 Å². The van der Waals surface area contributed by atoms with Crippen molar-refractivity contribution in [1.82, 2.24) is 0 Å². The molecule has 0 radical (unpaired) electrons. The predicted octanol–water partition coefficient (Wildman–Crippen LogP) is 2.02. The van der Waals surface area contributed by atoms with Gasteiger partial charge in [0.05, 0.1) is 6.61 Å². The number of benzene rings is 1. The minimum Gasteiger partial charge on any atom is -0.479 e. The van der Waals surface area contributed by atoms with Gasteiger partial charge in [-0.15, -0.1) is 11.8 Å². The van der Waals surface area contributed by atoms with Crippen LogP contribution in [0.2, 0.25) is 0 Å². The van der Waals surface area contributed by atoms with Crippen molar-refractivity contribution in [1.29, 1.82) is 0 Å². The zero-order chi connectivity index (χ0) is 15.1. The maximum atomic E-state index is 11.3. The van der Waals surface area contributed by atoms with Crippen LogP contribution in [0.3, 0.4) is 0 Å². The van der Waals surface area contributed by atoms with Crippen LogP contribution in [0.15, 0.2) is 23.1 Å². The number of aliphatic carboxylic acids is 1. The van der Waals surface area contributed by atoms with Gasteiger partial charge in [-0.2, -0.15) is 0 Å². The third-order valence-corrected chi connectivity index (χ3v) is 3.56. The first-order valence-corrected chi connectivity index (χ1v) is 7.45. The molecule has 0 bridgehead atoms. The van der Waals surface area contributed by atoms with Gasteiger partial charge in [-0.25, -0.2) is 4.79 Å². The third-order valence-electron chi connectivity index (χ3n) is 2.75. The number of carboxylic acids is 1. The number of thioether (sulfide) groups is 1. The van der Waals surface area contributed by atoms with Gasteiger partial charge in [-0.05, 0) is 31.2 Å². The molecular formula is C14H18O5S. The fourth-order valence-electron chi connectivity index (χ4n) is 1.77. The fourth-order valence-corrected chi connectivity index (χ4v) is 2.38. The molecule has 0 saturated heterocycles. The summed E-state index contributed by atoms with van der Waals surface area (Å²) in [7, 11) is 0. The molecule has 20 heavy (non-hydrogen) atoms. The maximum Gasteiger partial charge on any atom is 0.337 e. The number of aryl methyl sites for hydroxylation is 1. The van der Waals surface area contributed by atoms with Crippen molar-refractivity contribution < 1.29 is 24.5 Å². The van der Waals surface area contributed by atoms with E-state index in [1.165, 1.54) is 11.8 Å². The molecule has 0 spiro atoms. The van der Waals surface area contributed by atoms with Crippen LogP contribution >= 0.6 is 11.8 Å². The van der Waals surface area contributed by atoms with Crippen LogP contribution in [-0.2, 0) is 20.7 Å². The normalized spacial score (nSPS) is 11.9. The van der Waals surface area contributed by atoms with Crippen molar-refractivity contribution in [2.45, 2.75) is 30.8 Å². The topological polar surface area (TPSA) is 83.8 Å². The Labute approximate surface area is 121 Å². The largest absolute Gasteiger partial charge is 0.479 e. The fraction of sp³-hybridized carbons (Fsp3) is 0.429. The molecule has 5 nitrogen and oxygen atoms in total. The number of hydrogen-bond acceptors (Lipinski definition) is 5. The first-order chi connectivity index (χ1) is 9.49. The van der Waals surface area contributed by atoms with Crippen LogP contribution < -0.4 is 0 Å². The lowest BCUT2D eigenvalue weighted by atomic mass is 10.0. The Morgan fingerprint density at radius 1 is 1.40 bits per heavy atom. The maximum absolute atomic E-state index is 11.3. The van der Waals surface area contributed by atoms with E-state index in [0.717, 1.165) is 5.56 Å². The molecule has 6 heteroatoms. The van der Waals surface area contributed by atoms with Crippen molar-refractivity contribution in [3.05, 3.63) is 29.3 Å². The predicted molar refractivity (Wildman–Crippen MR) is 75.8 cm³/mol. The number of esters is 1. The Balaban J connectivity index is 2.87. The van der Waals surface area contributed by atoms with Gasteiger partial charge in [0.1, 0.15) is 0 Å². The Morgan fingerprint density at radius 3 is 2.65 bits per heavy atom. The second-order valence-corrected chi connectivity index (χ2v) is 4.97. The van der Waals surface area contributed by atoms with Crippen molar-refractivity contribution in [3.8, 4) is 0 Å². The van der Waals surface area contributed by atoms with Gasteiger partial charge in [0, 0.05) is 16.9 Å². The first kappa shape index (κ1) is 16.5. The molecule has 110 valence electrons. The second kappa shape index (κ2) is 7.91. The third kappa shape index (κ3) is 4.54. The van der Waals surface area contributed by atoms with Crippen LogP contribution in [0.1, 0.15) is 30.6 Å². The highest BCUT2D eigenvalue weighted by molar-refractivity contribution is 7.98. The van der Waals surface area contributed by atoms with E-state index in [1.807, 2.05) is 12.3 Å². The van der Waals surface area contributed by atoms with Gasteiger partial charge >= 0.3 is 11.9 Å². The quantitative estimate of drug-likeness (QED) is 0.592. The lowest BCUT2D eigenvalue weighted by molar-refractivity contribution is -0.147. The van der Waals surface area contributed by atoms with Crippen molar-refractivity contribution >= 4 is 23.7 Å². The molecule has 1 unspecified atom stereocenters. The van der Waals surface area contributed by atoms with E-state index in [-0.39, 0.29) is 12.4 Å². The molecule has 0 aliphatic heterocycles. The standard InChI is InChI=1S/C14H18O5S/c1-3-19-12(15)7-5-9-4-6-11(20-2)10(8-9)13(16)14(17)18/h4,6,8,13,16H,3,5,7H2,1-2H3,(H,17,18). The summed E-state index contributed by atoms with van der Waals surface area (Å²) in [6.45, 7) is 2.08. The average molecular weight is 298 g/mol. The first-order valence-electron chi connectivity index (χ1n) is 6.22. The van der Waals surface area contributed by atoms with Gasteiger partial charge < -0.3 is 14.9 Å². The van der Waals surface area contributed by atoms with Crippen LogP contribution in [0.25, 0.3) is 0 Å². The molecule has 0 amide bonds. The zero-order valence-corrected chi connectivity index (χ0v) is 12.3. The summed E-state index contributed by atoms with van der Waals surface area (Å²) in [6.07, 6.45) is 0.938. The zero-order valence-electron chi connectivity index (χ0n) is 11.5. The van der Waals surface area contributed by atoms with E-state index in [4.69, 9.17) is 9.84 Å². The number of carboxylic acid groups (broad SMARTS) is 1. The minimum atomic E-state index is -1.56. The van der Waals surface area contributed by atoms with E-state index in [9.17, 15) is 14.7 Å². The summed E-state index contributed by atoms with van der Waals surface area (Å²) < 4.78 is 4.84. The highest BCUT2D eigenvalue weighted by atomic mass is 32.2. The molecule has 1 aromatic rings. The van der Waals surface area contributed by atoms with Gasteiger partial charge in [-0.3, -0.25) is 4.79 Å². The summed E-state index contributed by atoms with van der Waals surface area (Å²) in [5, 5.41) is 18.6. The molecular weight excluding hydrogens is 280 g/mol. The number of aliphatic hydroxyl groups excluding tert-OH is 1. The molecule has 1 aromatic carbocycles. The molecule has 0 saturated carbocycles. The number of aliphatic hydroxyl groups is 1. The van der Waals surface area contributed by atoms with E-state index >= 15 is 0 Å². The Morgan fingerprint density at radius 2 is 2.10 bits per heavy atom. The molecule has 1 atom stereocenters. The van der Waals surface area contributed by atoms with E-state index in [1.54, 1.807) is 19.1 Å². The summed E-state index contributed by atoms with van der Waals surface area (Å²) in [5.41, 5.74) is 1.15. The summed E-state index contributed by atoms with van der Waals surface area (Å²) in [4.78, 5) is 22.9. The summed E-state index contributed by atoms with van der Waals surface area (Å²) >= 11 is 1.37. The van der Waals surface area contributed by atoms with Crippen LogP contribution in [0.4, 0.5) is 0 Å². The molecule has 0 aromatic heterocycles. The molecule has 0 heterocycles. The molecule has 0 aliphatic carbocycles. The van der Waals surface area contributed by atoms with Gasteiger partial charge in [-0.1, -0.05) is 12.1 Å². The van der Waals surface area contributed by atoms with Crippen molar-refractivity contribution in [2.24, 2.45) is 0 Å². The van der Waals surface area contributed by atoms with E-state index in [2.05, 4.69) is 0 Å². The lowest BCUT2D eigenvalue weighted by Crippen LogP contribution is -2.12. The molecule has 2 N–H and O–H groups in total. The SMILES string of the molecule is CCOC(=O)CCc1ccc(SC)c(C(O)C(=O)O)c1. The molecule has 1 rings (SSSR count). The highest BCUT2D eigenvalue weighted by Gasteiger charge is 2.20. The lowest BCUT2D eigenvalue weighted by Gasteiger charge is -2.12. The van der Waals surface area contributed by atoms with Crippen LogP contribution in [0, 0.1) is 0 Å². The van der Waals surface area contributed by atoms with Gasteiger partial charge in [0.25, 0.3) is 0 Å². The Hall–Kier alpha value is -1.53. The number of carbonyl (C=O) groups excluding carboxylic acids is 1. The smallest absolute Gasteiger partial charge is 0.337 e. The summed E-state index contributed by atoms with van der Waals surface area (Å²) in [6, 6.07) is 5.21. The Bertz CT molecular complexity index is 486. The summed E-state index contributed by atoms with van der Waals surface area (Å²) in [5.74, 6) is -1.58. The Kier molecular flexibility index (Phi) is 6.54. The number of carbonyl (C=O) groups is 2. The van der Waals surface area contributed by atoms with Gasteiger partial charge in [0.15, 0.2) is 6.10 Å². The molecule has 0 aliphatic rings. The van der Waals surface area contributed by atoms with E-state index in [0.29, 0.717) is 23.5 Å². The minimum absolute atomic E-state index is 0.231. The second-order valence-electron chi connectivity index (χ2n) is 4.12. The number of rotatable bonds is 7.